The smallest absolute Gasteiger partial charge is 0.226 e. The van der Waals surface area contributed by atoms with Crippen LogP contribution in [0.25, 0.3) is 0 Å². The predicted octanol–water partition coefficient (Wildman–Crippen LogP) is 1.46. The molecule has 5 heteroatoms. The van der Waals surface area contributed by atoms with Crippen molar-refractivity contribution in [2.24, 2.45) is 0 Å². The van der Waals surface area contributed by atoms with Crippen LogP contribution in [0.4, 0.5) is 0 Å². The highest BCUT2D eigenvalue weighted by Crippen LogP contribution is 2.06. The lowest BCUT2D eigenvalue weighted by Crippen LogP contribution is -2.42. The van der Waals surface area contributed by atoms with Gasteiger partial charge in [0.1, 0.15) is 5.76 Å². The summed E-state index contributed by atoms with van der Waals surface area (Å²) in [6.45, 7) is 1.46. The van der Waals surface area contributed by atoms with E-state index < -0.39 is 12.9 Å². The number of hydrogen-bond donors (Lipinski definition) is 2. The molecule has 1 fully saturated rings. The molecule has 1 saturated heterocycles. The lowest BCUT2D eigenvalue weighted by Gasteiger charge is -2.21. The zero-order valence-corrected chi connectivity index (χ0v) is 9.92. The lowest BCUT2D eigenvalue weighted by molar-refractivity contribution is -0.119. The molecule has 0 aliphatic carbocycles. The Hall–Kier alpha value is -1.52. The average molecular weight is 242 g/mol. The quantitative estimate of drug-likeness (QED) is 0.676. The van der Waals surface area contributed by atoms with E-state index in [0.29, 0.717) is 19.4 Å². The third-order valence-corrected chi connectivity index (χ3v) is 2.47. The molecule has 2 N–H and O–H groups in total. The van der Waals surface area contributed by atoms with Gasteiger partial charge >= 0.3 is 0 Å². The van der Waals surface area contributed by atoms with Gasteiger partial charge in [-0.25, -0.2) is 0 Å². The molecule has 0 radical (unpaired) electrons. The molecule has 0 aromatic carbocycles. The Morgan fingerprint density at radius 1 is 1.47 bits per heavy atom. The molecule has 1 aliphatic heterocycles. The topological polar surface area (TPSA) is 65.4 Å². The molecule has 1 rings (SSSR count). The molecular formula is C12H21N3O2. The lowest BCUT2D eigenvalue weighted by atomic mass is 10.1. The minimum atomic E-state index is -2.53. The molecule has 0 unspecified atom stereocenters. The first kappa shape index (κ1) is 9.50. The number of carbonyl (C=O) groups is 1. The maximum absolute atomic E-state index is 11.6. The molecular weight excluding hydrogens is 218 g/mol. The fourth-order valence-electron chi connectivity index (χ4n) is 1.52. The van der Waals surface area contributed by atoms with Crippen molar-refractivity contribution in [1.29, 1.82) is 5.41 Å². The van der Waals surface area contributed by atoms with Gasteiger partial charge in [0, 0.05) is 17.5 Å². The summed E-state index contributed by atoms with van der Waals surface area (Å²) in [5.41, 5.74) is 0. The number of carbonyl (C=O) groups excluding carboxylic acids is 1. The van der Waals surface area contributed by atoms with Crippen molar-refractivity contribution in [2.75, 3.05) is 20.1 Å². The highest BCUT2D eigenvalue weighted by Gasteiger charge is 2.11. The molecule has 0 aromatic heterocycles. The van der Waals surface area contributed by atoms with E-state index in [1.165, 1.54) is 0 Å². The molecule has 0 aromatic rings. The fraction of sp³-hybridized carbons (Fsp3) is 0.667. The summed E-state index contributed by atoms with van der Waals surface area (Å²) in [5, 5.41) is 10.1. The van der Waals surface area contributed by atoms with E-state index in [1.54, 1.807) is 0 Å². The number of nitrogens with zero attached hydrogens (tertiary/aromatic N) is 1. The molecule has 17 heavy (non-hydrogen) atoms. The summed E-state index contributed by atoms with van der Waals surface area (Å²) in [6, 6.07) is 0. The van der Waals surface area contributed by atoms with Crippen LogP contribution in [-0.2, 0) is 9.53 Å². The van der Waals surface area contributed by atoms with Gasteiger partial charge in [-0.1, -0.05) is 19.4 Å². The number of amides is 1. The summed E-state index contributed by atoms with van der Waals surface area (Å²) < 4.78 is 27.6. The number of guanidine groups is 1. The van der Waals surface area contributed by atoms with Crippen LogP contribution in [0, 0.1) is 5.41 Å². The number of hydrogen-bond acceptors (Lipinski definition) is 3. The maximum Gasteiger partial charge on any atom is 0.226 e. The van der Waals surface area contributed by atoms with Gasteiger partial charge in [-0.2, -0.15) is 0 Å². The van der Waals surface area contributed by atoms with E-state index in [1.807, 2.05) is 0 Å². The van der Waals surface area contributed by atoms with Gasteiger partial charge in [0.25, 0.3) is 0 Å². The monoisotopic (exact) mass is 242 g/mol. The molecule has 1 amide bonds. The van der Waals surface area contributed by atoms with Crippen LogP contribution in [0.2, 0.25) is 0 Å². The number of likely N-dealkylation sites (N-methyl/N-ethyl adjacent to an activating group) is 1. The van der Waals surface area contributed by atoms with Gasteiger partial charge in [-0.05, 0) is 12.8 Å². The van der Waals surface area contributed by atoms with Gasteiger partial charge in [-0.3, -0.25) is 15.5 Å². The normalized spacial score (nSPS) is 24.1. The summed E-state index contributed by atoms with van der Waals surface area (Å²) in [4.78, 5) is 12.4. The molecule has 0 saturated carbocycles. The standard InChI is InChI=1S/C12H21N3O2/c1-10-9-15(2)12(13)14-11(16)7-5-3-4-6-8-17-10/h1,3-9H2,2H3,(H2,13,14,16)/i2D3. The van der Waals surface area contributed by atoms with E-state index >= 15 is 0 Å². The van der Waals surface area contributed by atoms with Gasteiger partial charge in [-0.15, -0.1) is 0 Å². The second kappa shape index (κ2) is 6.93. The van der Waals surface area contributed by atoms with Gasteiger partial charge < -0.3 is 9.64 Å². The zero-order chi connectivity index (χ0) is 15.2. The first-order chi connectivity index (χ1) is 9.30. The Bertz CT molecular complexity index is 383. The van der Waals surface area contributed by atoms with Crippen molar-refractivity contribution < 1.29 is 13.6 Å². The van der Waals surface area contributed by atoms with Crippen LogP contribution >= 0.6 is 0 Å². The van der Waals surface area contributed by atoms with Crippen molar-refractivity contribution in [3.05, 3.63) is 12.3 Å². The van der Waals surface area contributed by atoms with Crippen LogP contribution in [-0.4, -0.2) is 36.9 Å². The fourth-order valence-corrected chi connectivity index (χ4v) is 1.52. The van der Waals surface area contributed by atoms with Crippen LogP contribution < -0.4 is 5.32 Å². The minimum Gasteiger partial charge on any atom is -0.497 e. The molecule has 1 aliphatic rings. The van der Waals surface area contributed by atoms with Crippen molar-refractivity contribution in [3.63, 3.8) is 0 Å². The molecule has 0 spiro atoms. The van der Waals surface area contributed by atoms with Crippen molar-refractivity contribution in [1.82, 2.24) is 10.2 Å². The molecule has 0 atom stereocenters. The van der Waals surface area contributed by atoms with Crippen molar-refractivity contribution in [2.45, 2.75) is 32.1 Å². The Morgan fingerprint density at radius 3 is 3.00 bits per heavy atom. The third kappa shape index (κ3) is 5.38. The Kier molecular flexibility index (Phi) is 3.88. The number of ether oxygens (including phenoxy) is 1. The van der Waals surface area contributed by atoms with Gasteiger partial charge in [0.15, 0.2) is 5.96 Å². The van der Waals surface area contributed by atoms with Crippen LogP contribution in [0.15, 0.2) is 12.3 Å². The molecule has 1 heterocycles. The van der Waals surface area contributed by atoms with Crippen LogP contribution in [0.3, 0.4) is 0 Å². The highest BCUT2D eigenvalue weighted by atomic mass is 16.5. The summed E-state index contributed by atoms with van der Waals surface area (Å²) in [7, 11) is 0. The maximum atomic E-state index is 11.6. The third-order valence-electron chi connectivity index (χ3n) is 2.47. The van der Waals surface area contributed by atoms with Crippen molar-refractivity contribution in [3.8, 4) is 0 Å². The van der Waals surface area contributed by atoms with Crippen LogP contribution in [0.1, 0.15) is 36.2 Å². The van der Waals surface area contributed by atoms with Gasteiger partial charge in [0.05, 0.1) is 13.2 Å². The largest absolute Gasteiger partial charge is 0.497 e. The molecule has 5 nitrogen and oxygen atoms in total. The van der Waals surface area contributed by atoms with E-state index in [2.05, 4.69) is 11.9 Å². The number of nitrogens with one attached hydrogen (secondary N) is 2. The summed E-state index contributed by atoms with van der Waals surface area (Å²) in [6.07, 6.45) is 3.69. The van der Waals surface area contributed by atoms with E-state index in [-0.39, 0.29) is 18.2 Å². The Morgan fingerprint density at radius 2 is 2.24 bits per heavy atom. The predicted molar refractivity (Wildman–Crippen MR) is 66.7 cm³/mol. The Labute approximate surface area is 107 Å². The average Bonchev–Trinajstić information content (AvgIpc) is 2.33. The molecule has 0 bridgehead atoms. The summed E-state index contributed by atoms with van der Waals surface area (Å²) >= 11 is 0. The minimum absolute atomic E-state index is 0.143. The van der Waals surface area contributed by atoms with E-state index in [0.717, 1.165) is 24.2 Å². The van der Waals surface area contributed by atoms with E-state index in [4.69, 9.17) is 14.3 Å². The first-order valence-electron chi connectivity index (χ1n) is 7.27. The SMILES string of the molecule is [2H]C([2H])([2H])N1CC(=C)OCCCCCCC(=O)NC1=N. The van der Waals surface area contributed by atoms with Crippen LogP contribution in [0.5, 0.6) is 0 Å². The van der Waals surface area contributed by atoms with Gasteiger partial charge in [0.2, 0.25) is 5.91 Å². The van der Waals surface area contributed by atoms with E-state index in [9.17, 15) is 4.79 Å². The number of rotatable bonds is 0. The second-order valence-electron chi connectivity index (χ2n) is 4.03. The molecule has 96 valence electrons. The zero-order valence-electron chi connectivity index (χ0n) is 12.9. The first-order valence-corrected chi connectivity index (χ1v) is 5.77. The van der Waals surface area contributed by atoms with Crippen molar-refractivity contribution >= 4 is 11.9 Å². The second-order valence-corrected chi connectivity index (χ2v) is 4.03. The highest BCUT2D eigenvalue weighted by molar-refractivity contribution is 5.95. The summed E-state index contributed by atoms with van der Waals surface area (Å²) in [5.74, 6) is -0.506. The Balaban J connectivity index is 2.80.